The fourth-order valence-corrected chi connectivity index (χ4v) is 2.45. The van der Waals surface area contributed by atoms with Crippen LogP contribution in [0.4, 0.5) is 13.2 Å². The van der Waals surface area contributed by atoms with Gasteiger partial charge in [0.25, 0.3) is 0 Å². The lowest BCUT2D eigenvalue weighted by molar-refractivity contribution is -0.188. The second-order valence-electron chi connectivity index (χ2n) is 4.56. The molecule has 0 aromatic rings. The van der Waals surface area contributed by atoms with Crippen molar-refractivity contribution in [2.24, 2.45) is 5.92 Å². The Morgan fingerprint density at radius 1 is 1.00 bits per heavy atom. The minimum absolute atomic E-state index is 0.124. The molecule has 0 aromatic carbocycles. The largest absolute Gasteiger partial charge is 0.391 e. The van der Waals surface area contributed by atoms with Gasteiger partial charge in [-0.1, -0.05) is 0 Å². The highest BCUT2D eigenvalue weighted by molar-refractivity contribution is 4.91. The molecule has 2 atom stereocenters. The zero-order valence-electron chi connectivity index (χ0n) is 8.50. The number of halogens is 3. The summed E-state index contributed by atoms with van der Waals surface area (Å²) in [6.07, 6.45) is -2.25. The standard InChI is InChI=1S/C10H16F3NO/c11-10(12,13)7-3-5-14(6-4-7)8-1-2-9(8)15/h7-9,15H,1-6H2/t8-,9-/m0/s1. The second-order valence-corrected chi connectivity index (χ2v) is 4.56. The molecule has 1 saturated heterocycles. The Morgan fingerprint density at radius 2 is 1.60 bits per heavy atom. The Labute approximate surface area is 87.1 Å². The maximum atomic E-state index is 12.4. The van der Waals surface area contributed by atoms with Crippen LogP contribution in [0.3, 0.4) is 0 Å². The highest BCUT2D eigenvalue weighted by Gasteiger charge is 2.43. The number of rotatable bonds is 1. The van der Waals surface area contributed by atoms with Gasteiger partial charge in [-0.05, 0) is 38.8 Å². The number of aliphatic hydroxyl groups excluding tert-OH is 1. The lowest BCUT2D eigenvalue weighted by Crippen LogP contribution is -2.53. The van der Waals surface area contributed by atoms with Crippen molar-refractivity contribution in [3.63, 3.8) is 0 Å². The molecule has 5 heteroatoms. The molecule has 2 nitrogen and oxygen atoms in total. The first-order valence-electron chi connectivity index (χ1n) is 5.47. The highest BCUT2D eigenvalue weighted by atomic mass is 19.4. The van der Waals surface area contributed by atoms with Crippen LogP contribution in [0.15, 0.2) is 0 Å². The van der Waals surface area contributed by atoms with E-state index in [2.05, 4.69) is 0 Å². The highest BCUT2D eigenvalue weighted by Crippen LogP contribution is 2.36. The Kier molecular flexibility index (Phi) is 2.94. The van der Waals surface area contributed by atoms with Crippen LogP contribution in [0.2, 0.25) is 0 Å². The molecule has 1 saturated carbocycles. The van der Waals surface area contributed by atoms with Gasteiger partial charge in [0.2, 0.25) is 0 Å². The average molecular weight is 223 g/mol. The van der Waals surface area contributed by atoms with Crippen LogP contribution in [0.25, 0.3) is 0 Å². The minimum Gasteiger partial charge on any atom is -0.391 e. The normalized spacial score (nSPS) is 35.2. The van der Waals surface area contributed by atoms with E-state index in [-0.39, 0.29) is 25.0 Å². The first-order valence-corrected chi connectivity index (χ1v) is 5.47. The van der Waals surface area contributed by atoms with E-state index in [0.717, 1.165) is 12.8 Å². The molecule has 0 unspecified atom stereocenters. The third-order valence-corrected chi connectivity index (χ3v) is 3.66. The molecular weight excluding hydrogens is 207 g/mol. The summed E-state index contributed by atoms with van der Waals surface area (Å²) in [5.74, 6) is -1.13. The summed E-state index contributed by atoms with van der Waals surface area (Å²) < 4.78 is 37.1. The summed E-state index contributed by atoms with van der Waals surface area (Å²) in [5.41, 5.74) is 0. The lowest BCUT2D eigenvalue weighted by atomic mass is 9.85. The zero-order chi connectivity index (χ0) is 11.1. The zero-order valence-corrected chi connectivity index (χ0v) is 8.50. The van der Waals surface area contributed by atoms with E-state index in [1.165, 1.54) is 0 Å². The summed E-state index contributed by atoms with van der Waals surface area (Å²) in [5, 5.41) is 9.42. The van der Waals surface area contributed by atoms with Crippen LogP contribution in [-0.2, 0) is 0 Å². The molecule has 0 aromatic heterocycles. The van der Waals surface area contributed by atoms with Gasteiger partial charge in [0.1, 0.15) is 0 Å². The van der Waals surface area contributed by atoms with Crippen LogP contribution >= 0.6 is 0 Å². The number of piperidine rings is 1. The Morgan fingerprint density at radius 3 is 1.93 bits per heavy atom. The molecule has 0 bridgehead atoms. The van der Waals surface area contributed by atoms with Gasteiger partial charge >= 0.3 is 6.18 Å². The third-order valence-electron chi connectivity index (χ3n) is 3.66. The van der Waals surface area contributed by atoms with Crippen molar-refractivity contribution >= 4 is 0 Å². The summed E-state index contributed by atoms with van der Waals surface area (Å²) >= 11 is 0. The van der Waals surface area contributed by atoms with Crippen molar-refractivity contribution in [2.45, 2.75) is 44.0 Å². The maximum Gasteiger partial charge on any atom is 0.391 e. The first-order chi connectivity index (χ1) is 6.98. The van der Waals surface area contributed by atoms with Gasteiger partial charge in [-0.25, -0.2) is 0 Å². The molecule has 0 radical (unpaired) electrons. The summed E-state index contributed by atoms with van der Waals surface area (Å²) in [4.78, 5) is 2.01. The average Bonchev–Trinajstić information content (AvgIpc) is 2.15. The van der Waals surface area contributed by atoms with Crippen molar-refractivity contribution in [3.8, 4) is 0 Å². The van der Waals surface area contributed by atoms with Gasteiger partial charge in [-0.3, -0.25) is 4.90 Å². The maximum absolute atomic E-state index is 12.4. The second kappa shape index (κ2) is 3.94. The summed E-state index contributed by atoms with van der Waals surface area (Å²) in [6, 6.07) is 0.124. The number of hydrogen-bond acceptors (Lipinski definition) is 2. The summed E-state index contributed by atoms with van der Waals surface area (Å²) in [7, 11) is 0. The Bertz CT molecular complexity index is 223. The molecule has 1 N–H and O–H groups in total. The predicted octanol–water partition coefficient (Wildman–Crippen LogP) is 1.78. The lowest BCUT2D eigenvalue weighted by Gasteiger charge is -2.44. The molecule has 1 aliphatic heterocycles. The Balaban J connectivity index is 1.82. The van der Waals surface area contributed by atoms with Gasteiger partial charge in [-0.2, -0.15) is 13.2 Å². The molecule has 2 aliphatic rings. The first kappa shape index (κ1) is 11.2. The molecular formula is C10H16F3NO. The molecule has 2 rings (SSSR count). The van der Waals surface area contributed by atoms with Gasteiger partial charge in [0.05, 0.1) is 12.0 Å². The molecule has 0 amide bonds. The topological polar surface area (TPSA) is 23.5 Å². The van der Waals surface area contributed by atoms with Gasteiger partial charge in [0, 0.05) is 6.04 Å². The van der Waals surface area contributed by atoms with E-state index in [1.54, 1.807) is 0 Å². The van der Waals surface area contributed by atoms with Crippen molar-refractivity contribution in [1.29, 1.82) is 0 Å². The quantitative estimate of drug-likeness (QED) is 0.732. The van der Waals surface area contributed by atoms with Crippen molar-refractivity contribution in [3.05, 3.63) is 0 Å². The Hall–Kier alpha value is -0.290. The monoisotopic (exact) mass is 223 g/mol. The molecule has 2 fully saturated rings. The molecule has 0 spiro atoms. The third kappa shape index (κ3) is 2.28. The molecule has 1 heterocycles. The molecule has 1 aliphatic carbocycles. The van der Waals surface area contributed by atoms with E-state index in [1.807, 2.05) is 4.90 Å². The predicted molar refractivity (Wildman–Crippen MR) is 49.4 cm³/mol. The number of hydrogen-bond donors (Lipinski definition) is 1. The smallest absolute Gasteiger partial charge is 0.391 e. The van der Waals surface area contributed by atoms with E-state index in [0.29, 0.717) is 13.1 Å². The van der Waals surface area contributed by atoms with Crippen molar-refractivity contribution in [1.82, 2.24) is 4.90 Å². The molecule has 15 heavy (non-hydrogen) atoms. The van der Waals surface area contributed by atoms with Crippen LogP contribution in [0, 0.1) is 5.92 Å². The van der Waals surface area contributed by atoms with Crippen LogP contribution in [-0.4, -0.2) is 41.4 Å². The fraction of sp³-hybridized carbons (Fsp3) is 1.00. The number of nitrogens with zero attached hydrogens (tertiary/aromatic N) is 1. The van der Waals surface area contributed by atoms with Gasteiger partial charge in [0.15, 0.2) is 0 Å². The fourth-order valence-electron chi connectivity index (χ4n) is 2.45. The van der Waals surface area contributed by atoms with Crippen molar-refractivity contribution < 1.29 is 18.3 Å². The summed E-state index contributed by atoms with van der Waals surface area (Å²) in [6.45, 7) is 0.956. The van der Waals surface area contributed by atoms with E-state index < -0.39 is 12.1 Å². The van der Waals surface area contributed by atoms with E-state index >= 15 is 0 Å². The van der Waals surface area contributed by atoms with Crippen LogP contribution < -0.4 is 0 Å². The van der Waals surface area contributed by atoms with E-state index in [4.69, 9.17) is 0 Å². The SMILES string of the molecule is O[C@H]1CC[C@@H]1N1CCC(C(F)(F)F)CC1. The molecule has 88 valence electrons. The number of likely N-dealkylation sites (tertiary alicyclic amines) is 1. The number of alkyl halides is 3. The minimum atomic E-state index is -4.04. The van der Waals surface area contributed by atoms with Crippen LogP contribution in [0.5, 0.6) is 0 Å². The van der Waals surface area contributed by atoms with Gasteiger partial charge in [-0.15, -0.1) is 0 Å². The number of aliphatic hydroxyl groups is 1. The van der Waals surface area contributed by atoms with E-state index in [9.17, 15) is 18.3 Å². The van der Waals surface area contributed by atoms with Gasteiger partial charge < -0.3 is 5.11 Å². The van der Waals surface area contributed by atoms with Crippen molar-refractivity contribution in [2.75, 3.05) is 13.1 Å². The van der Waals surface area contributed by atoms with Crippen LogP contribution in [0.1, 0.15) is 25.7 Å².